The Morgan fingerprint density at radius 2 is 2.13 bits per heavy atom. The van der Waals surface area contributed by atoms with E-state index in [1.54, 1.807) is 13.0 Å². The Morgan fingerprint density at radius 1 is 1.39 bits per heavy atom. The monoisotopic (exact) mass is 320 g/mol. The summed E-state index contributed by atoms with van der Waals surface area (Å²) in [7, 11) is 0. The van der Waals surface area contributed by atoms with Gasteiger partial charge in [-0.3, -0.25) is 14.5 Å². The van der Waals surface area contributed by atoms with Gasteiger partial charge in [0, 0.05) is 18.3 Å². The highest BCUT2D eigenvalue weighted by atomic mass is 19.1. The van der Waals surface area contributed by atoms with Crippen molar-refractivity contribution in [2.45, 2.75) is 37.8 Å². The van der Waals surface area contributed by atoms with Crippen molar-refractivity contribution in [2.24, 2.45) is 0 Å². The number of likely N-dealkylation sites (tertiary alicyclic amines) is 1. The maximum absolute atomic E-state index is 13.5. The molecule has 3 rings (SSSR count). The predicted molar refractivity (Wildman–Crippen MR) is 79.7 cm³/mol. The summed E-state index contributed by atoms with van der Waals surface area (Å²) < 4.78 is 13.5. The lowest BCUT2D eigenvalue weighted by Crippen LogP contribution is -2.60. The molecule has 2 aliphatic rings. The Hall–Kier alpha value is -2.44. The SMILES string of the molecule is C[C@@H]1C[C@@]2(CCN1C(=O)O)C(=O)CC(=O)N2c1cccc(F)c1. The summed E-state index contributed by atoms with van der Waals surface area (Å²) in [5.74, 6) is -1.07. The van der Waals surface area contributed by atoms with E-state index in [1.807, 2.05) is 0 Å². The number of hydrogen-bond donors (Lipinski definition) is 1. The number of carbonyl (C=O) groups is 3. The smallest absolute Gasteiger partial charge is 0.407 e. The van der Waals surface area contributed by atoms with Crippen LogP contribution in [0.4, 0.5) is 14.9 Å². The maximum atomic E-state index is 13.5. The first-order chi connectivity index (χ1) is 10.8. The van der Waals surface area contributed by atoms with Crippen molar-refractivity contribution in [1.29, 1.82) is 0 Å². The molecule has 0 bridgehead atoms. The van der Waals surface area contributed by atoms with Gasteiger partial charge < -0.3 is 10.0 Å². The molecule has 0 saturated carbocycles. The third-order valence-electron chi connectivity index (χ3n) is 4.75. The summed E-state index contributed by atoms with van der Waals surface area (Å²) in [5.41, 5.74) is -0.729. The zero-order chi connectivity index (χ0) is 16.8. The van der Waals surface area contributed by atoms with Gasteiger partial charge in [-0.1, -0.05) is 6.07 Å². The van der Waals surface area contributed by atoms with Crippen LogP contribution >= 0.6 is 0 Å². The van der Waals surface area contributed by atoms with E-state index >= 15 is 0 Å². The second kappa shape index (κ2) is 5.33. The average molecular weight is 320 g/mol. The fourth-order valence-corrected chi connectivity index (χ4v) is 3.72. The van der Waals surface area contributed by atoms with Gasteiger partial charge in [0.15, 0.2) is 5.78 Å². The average Bonchev–Trinajstić information content (AvgIpc) is 2.69. The van der Waals surface area contributed by atoms with E-state index in [-0.39, 0.29) is 37.5 Å². The molecule has 1 spiro atoms. The summed E-state index contributed by atoms with van der Waals surface area (Å²) >= 11 is 0. The quantitative estimate of drug-likeness (QED) is 0.803. The molecular formula is C16H17FN2O4. The van der Waals surface area contributed by atoms with Crippen LogP contribution in [0.2, 0.25) is 0 Å². The second-order valence-corrected chi connectivity index (χ2v) is 6.12. The lowest BCUT2D eigenvalue weighted by molar-refractivity contribution is -0.124. The van der Waals surface area contributed by atoms with Gasteiger partial charge in [-0.25, -0.2) is 9.18 Å². The minimum atomic E-state index is -1.07. The van der Waals surface area contributed by atoms with Gasteiger partial charge in [-0.2, -0.15) is 0 Å². The summed E-state index contributed by atoms with van der Waals surface area (Å²) in [5, 5.41) is 9.19. The second-order valence-electron chi connectivity index (χ2n) is 6.12. The van der Waals surface area contributed by atoms with E-state index in [9.17, 15) is 23.9 Å². The van der Waals surface area contributed by atoms with Crippen LogP contribution in [0.15, 0.2) is 24.3 Å². The molecule has 2 atom stereocenters. The number of piperidine rings is 1. The van der Waals surface area contributed by atoms with Crippen LogP contribution < -0.4 is 4.90 Å². The van der Waals surface area contributed by atoms with Gasteiger partial charge in [-0.05, 0) is 38.0 Å². The van der Waals surface area contributed by atoms with Crippen molar-refractivity contribution in [3.63, 3.8) is 0 Å². The highest BCUT2D eigenvalue weighted by molar-refractivity contribution is 6.19. The molecule has 122 valence electrons. The molecule has 0 unspecified atom stereocenters. The molecular weight excluding hydrogens is 303 g/mol. The Kier molecular flexibility index (Phi) is 3.58. The largest absolute Gasteiger partial charge is 0.465 e. The number of Topliss-reactive ketones (excluding diaryl/α,β-unsaturated/α-hetero) is 1. The molecule has 2 aliphatic heterocycles. The van der Waals surface area contributed by atoms with Crippen molar-refractivity contribution in [2.75, 3.05) is 11.4 Å². The summed E-state index contributed by atoms with van der Waals surface area (Å²) in [4.78, 5) is 38.7. The van der Waals surface area contributed by atoms with E-state index in [1.165, 1.54) is 28.0 Å². The zero-order valence-electron chi connectivity index (χ0n) is 12.7. The van der Waals surface area contributed by atoms with Crippen LogP contribution in [0, 0.1) is 5.82 Å². The van der Waals surface area contributed by atoms with E-state index in [0.29, 0.717) is 5.69 Å². The summed E-state index contributed by atoms with van der Waals surface area (Å²) in [6, 6.07) is 5.19. The molecule has 7 heteroatoms. The first kappa shape index (κ1) is 15.5. The molecule has 0 aliphatic carbocycles. The molecule has 2 saturated heterocycles. The van der Waals surface area contributed by atoms with Crippen LogP contribution in [0.1, 0.15) is 26.2 Å². The molecule has 1 N–H and O–H groups in total. The Labute approximate surface area is 132 Å². The van der Waals surface area contributed by atoms with Gasteiger partial charge >= 0.3 is 6.09 Å². The van der Waals surface area contributed by atoms with Crippen LogP contribution in [0.3, 0.4) is 0 Å². The number of rotatable bonds is 1. The Balaban J connectivity index is 2.00. The first-order valence-corrected chi connectivity index (χ1v) is 7.46. The minimum absolute atomic E-state index is 0.168. The standard InChI is InChI=1S/C16H17FN2O4/c1-10-9-16(5-6-18(10)15(22)23)13(20)8-14(21)19(16)12-4-2-3-11(17)7-12/h2-4,7,10H,5-6,8-9H2,1H3,(H,22,23)/t10-,16+/m1/s1. The van der Waals surface area contributed by atoms with Crippen molar-refractivity contribution in [3.8, 4) is 0 Å². The number of anilines is 1. The van der Waals surface area contributed by atoms with Crippen LogP contribution in [0.25, 0.3) is 0 Å². The van der Waals surface area contributed by atoms with Gasteiger partial charge in [-0.15, -0.1) is 0 Å². The highest BCUT2D eigenvalue weighted by Crippen LogP contribution is 2.41. The molecule has 0 radical (unpaired) electrons. The fraction of sp³-hybridized carbons (Fsp3) is 0.438. The summed E-state index contributed by atoms with van der Waals surface area (Å²) in [6.45, 7) is 1.89. The van der Waals surface area contributed by atoms with E-state index in [2.05, 4.69) is 0 Å². The van der Waals surface area contributed by atoms with Crippen molar-refractivity contribution >= 4 is 23.5 Å². The first-order valence-electron chi connectivity index (χ1n) is 7.46. The van der Waals surface area contributed by atoms with E-state index in [4.69, 9.17) is 0 Å². The van der Waals surface area contributed by atoms with Crippen LogP contribution in [0.5, 0.6) is 0 Å². The number of benzene rings is 1. The molecule has 1 aromatic rings. The fourth-order valence-electron chi connectivity index (χ4n) is 3.72. The van der Waals surface area contributed by atoms with E-state index in [0.717, 1.165) is 0 Å². The normalized spacial score (nSPS) is 27.8. The Bertz CT molecular complexity index is 692. The maximum Gasteiger partial charge on any atom is 0.407 e. The van der Waals surface area contributed by atoms with Crippen molar-refractivity contribution < 1.29 is 23.9 Å². The van der Waals surface area contributed by atoms with Crippen molar-refractivity contribution in [1.82, 2.24) is 4.90 Å². The van der Waals surface area contributed by atoms with Crippen LogP contribution in [-0.2, 0) is 9.59 Å². The number of carbonyl (C=O) groups excluding carboxylic acids is 2. The molecule has 2 heterocycles. The number of ketones is 1. The number of amides is 2. The van der Waals surface area contributed by atoms with Gasteiger partial charge in [0.05, 0.1) is 6.42 Å². The molecule has 2 amide bonds. The molecule has 2 fully saturated rings. The third kappa shape index (κ3) is 2.36. The van der Waals surface area contributed by atoms with Crippen LogP contribution in [-0.4, -0.2) is 45.9 Å². The molecule has 0 aromatic heterocycles. The van der Waals surface area contributed by atoms with Crippen molar-refractivity contribution in [3.05, 3.63) is 30.1 Å². The zero-order valence-corrected chi connectivity index (χ0v) is 12.7. The van der Waals surface area contributed by atoms with Gasteiger partial charge in [0.1, 0.15) is 11.4 Å². The molecule has 6 nitrogen and oxygen atoms in total. The van der Waals surface area contributed by atoms with Gasteiger partial charge in [0.25, 0.3) is 0 Å². The highest BCUT2D eigenvalue weighted by Gasteiger charge is 2.56. The summed E-state index contributed by atoms with van der Waals surface area (Å²) in [6.07, 6.45) is -0.817. The number of hydrogen-bond acceptors (Lipinski definition) is 3. The number of carboxylic acid groups (broad SMARTS) is 1. The third-order valence-corrected chi connectivity index (χ3v) is 4.75. The number of nitrogens with zero attached hydrogens (tertiary/aromatic N) is 2. The Morgan fingerprint density at radius 3 is 2.74 bits per heavy atom. The predicted octanol–water partition coefficient (Wildman–Crippen LogP) is 2.03. The lowest BCUT2D eigenvalue weighted by Gasteiger charge is -2.45. The van der Waals surface area contributed by atoms with Gasteiger partial charge in [0.2, 0.25) is 5.91 Å². The van der Waals surface area contributed by atoms with E-state index < -0.39 is 23.5 Å². The lowest BCUT2D eigenvalue weighted by atomic mass is 9.80. The topological polar surface area (TPSA) is 77.9 Å². The molecule has 23 heavy (non-hydrogen) atoms. The number of halogens is 1. The molecule has 1 aromatic carbocycles. The minimum Gasteiger partial charge on any atom is -0.465 e.